The van der Waals surface area contributed by atoms with Crippen molar-refractivity contribution >= 4 is 28.1 Å². The molecule has 12 heteroatoms. The van der Waals surface area contributed by atoms with E-state index in [4.69, 9.17) is 13.9 Å². The Labute approximate surface area is 188 Å². The summed E-state index contributed by atoms with van der Waals surface area (Å²) in [5, 5.41) is 15.6. The zero-order valence-corrected chi connectivity index (χ0v) is 19.0. The molecule has 0 aliphatic heterocycles. The lowest BCUT2D eigenvalue weighted by Gasteiger charge is -2.31. The fraction of sp³-hybridized carbons (Fsp3) is 0.450. The third kappa shape index (κ3) is 4.10. The van der Waals surface area contributed by atoms with Crippen molar-refractivity contribution in [1.82, 2.24) is 20.0 Å². The third-order valence-corrected chi connectivity index (χ3v) is 6.38. The molecule has 3 heterocycles. The summed E-state index contributed by atoms with van der Waals surface area (Å²) in [6, 6.07) is 3.39. The second-order valence-electron chi connectivity index (χ2n) is 7.43. The van der Waals surface area contributed by atoms with E-state index in [0.717, 1.165) is 36.3 Å². The highest BCUT2D eigenvalue weighted by Crippen LogP contribution is 2.33. The highest BCUT2D eigenvalue weighted by atomic mass is 32.1. The van der Waals surface area contributed by atoms with Gasteiger partial charge in [-0.1, -0.05) is 11.3 Å². The van der Waals surface area contributed by atoms with Crippen LogP contribution >= 0.6 is 11.3 Å². The number of carbonyl (C=O) groups is 1. The minimum Gasteiger partial charge on any atom is -0.488 e. The Hall–Kier alpha value is -3.25. The fourth-order valence-corrected chi connectivity index (χ4v) is 4.67. The number of aryl methyl sites for hydroxylation is 1. The van der Waals surface area contributed by atoms with Crippen molar-refractivity contribution in [2.24, 2.45) is 0 Å². The number of hydrogen-bond donors (Lipinski definition) is 1. The summed E-state index contributed by atoms with van der Waals surface area (Å²) in [5.74, 6) is -0.733. The summed E-state index contributed by atoms with van der Waals surface area (Å²) in [6.07, 6.45) is 4.52. The van der Waals surface area contributed by atoms with E-state index in [9.17, 15) is 9.59 Å². The number of carbonyl (C=O) groups excluding carboxylic acids is 1. The maximum Gasteiger partial charge on any atom is 0.381 e. The lowest BCUT2D eigenvalue weighted by molar-refractivity contribution is 0.0944. The predicted octanol–water partition coefficient (Wildman–Crippen LogP) is 2.25. The molecular weight excluding hydrogens is 436 g/mol. The molecule has 0 bridgehead atoms. The molecule has 4 rings (SSSR count). The van der Waals surface area contributed by atoms with Gasteiger partial charge in [0.05, 0.1) is 24.9 Å². The molecule has 0 aromatic carbocycles. The smallest absolute Gasteiger partial charge is 0.381 e. The van der Waals surface area contributed by atoms with E-state index < -0.39 is 11.5 Å². The molecule has 0 saturated heterocycles. The molecule has 0 spiro atoms. The van der Waals surface area contributed by atoms with Crippen LogP contribution in [0.25, 0.3) is 5.13 Å². The van der Waals surface area contributed by atoms with Crippen molar-refractivity contribution in [3.05, 3.63) is 40.2 Å². The Morgan fingerprint density at radius 1 is 1.34 bits per heavy atom. The summed E-state index contributed by atoms with van der Waals surface area (Å²) in [7, 11) is 4.92. The van der Waals surface area contributed by atoms with E-state index in [1.807, 2.05) is 24.9 Å². The van der Waals surface area contributed by atoms with Crippen LogP contribution in [0.4, 0.5) is 10.8 Å². The van der Waals surface area contributed by atoms with Gasteiger partial charge in [0.15, 0.2) is 5.76 Å². The number of amides is 1. The molecule has 11 nitrogen and oxygen atoms in total. The monoisotopic (exact) mass is 460 g/mol. The SMILES string of the molecule is COc1c(N(C)[C@@H]2CCC[C@@H]2OC)cc(C(=O)Nc2nnc(-n3nccc3C)s2)oc1=O. The van der Waals surface area contributed by atoms with Crippen molar-refractivity contribution in [3.8, 4) is 10.9 Å². The summed E-state index contributed by atoms with van der Waals surface area (Å²) in [4.78, 5) is 27.3. The standard InChI is InChI=1S/C20H24N6O5S/c1-11-8-9-21-26(11)20-24-23-19(32-20)22-17(27)15-10-13(16(30-4)18(28)31-15)25(2)12-6-5-7-14(12)29-3/h8-10,12,14H,5-7H2,1-4H3,(H,22,23,27)/t12-,14+/m1/s1. The Kier molecular flexibility index (Phi) is 6.24. The summed E-state index contributed by atoms with van der Waals surface area (Å²) in [5.41, 5.74) is 0.612. The Balaban J connectivity index is 1.60. The van der Waals surface area contributed by atoms with Gasteiger partial charge in [0.1, 0.15) is 0 Å². The summed E-state index contributed by atoms with van der Waals surface area (Å²) in [6.45, 7) is 1.88. The minimum atomic E-state index is -0.737. The van der Waals surface area contributed by atoms with Crippen LogP contribution < -0.4 is 20.6 Å². The minimum absolute atomic E-state index is 0.0276. The van der Waals surface area contributed by atoms with Crippen molar-refractivity contribution in [2.45, 2.75) is 38.3 Å². The van der Waals surface area contributed by atoms with E-state index in [1.165, 1.54) is 13.2 Å². The van der Waals surface area contributed by atoms with E-state index >= 15 is 0 Å². The molecule has 1 N–H and O–H groups in total. The van der Waals surface area contributed by atoms with Crippen LogP contribution in [0, 0.1) is 6.92 Å². The molecule has 0 unspecified atom stereocenters. The van der Waals surface area contributed by atoms with Crippen LogP contribution in [0.2, 0.25) is 0 Å². The summed E-state index contributed by atoms with van der Waals surface area (Å²) >= 11 is 1.15. The van der Waals surface area contributed by atoms with Crippen LogP contribution in [-0.2, 0) is 4.74 Å². The highest BCUT2D eigenvalue weighted by molar-refractivity contribution is 7.17. The maximum absolute atomic E-state index is 12.8. The van der Waals surface area contributed by atoms with Gasteiger partial charge < -0.3 is 18.8 Å². The van der Waals surface area contributed by atoms with Gasteiger partial charge >= 0.3 is 5.63 Å². The highest BCUT2D eigenvalue weighted by Gasteiger charge is 2.33. The predicted molar refractivity (Wildman–Crippen MR) is 118 cm³/mol. The zero-order chi connectivity index (χ0) is 22.8. The fourth-order valence-electron chi connectivity index (χ4n) is 3.91. The van der Waals surface area contributed by atoms with Crippen LogP contribution in [0.15, 0.2) is 27.5 Å². The normalized spacial score (nSPS) is 18.0. The number of nitrogens with one attached hydrogen (secondary N) is 1. The molecule has 1 amide bonds. The molecule has 32 heavy (non-hydrogen) atoms. The number of ether oxygens (including phenoxy) is 2. The van der Waals surface area contributed by atoms with Gasteiger partial charge in [-0.2, -0.15) is 5.10 Å². The van der Waals surface area contributed by atoms with E-state index in [-0.39, 0.29) is 28.8 Å². The van der Waals surface area contributed by atoms with Gasteiger partial charge in [0.2, 0.25) is 16.0 Å². The van der Waals surface area contributed by atoms with E-state index in [1.54, 1.807) is 18.0 Å². The molecule has 1 saturated carbocycles. The van der Waals surface area contributed by atoms with Crippen molar-refractivity contribution in [2.75, 3.05) is 31.5 Å². The van der Waals surface area contributed by atoms with E-state index in [0.29, 0.717) is 10.8 Å². The summed E-state index contributed by atoms with van der Waals surface area (Å²) < 4.78 is 17.7. The number of likely N-dealkylation sites (N-methyl/N-ethyl adjacent to an activating group) is 1. The molecule has 3 aromatic rings. The van der Waals surface area contributed by atoms with Crippen LogP contribution in [0.3, 0.4) is 0 Å². The van der Waals surface area contributed by atoms with Gasteiger partial charge in [-0.15, -0.1) is 10.2 Å². The number of aromatic nitrogens is 4. The number of rotatable bonds is 7. The second-order valence-corrected chi connectivity index (χ2v) is 8.38. The van der Waals surface area contributed by atoms with Gasteiger partial charge in [-0.25, -0.2) is 9.48 Å². The number of methoxy groups -OCH3 is 2. The topological polar surface area (TPSA) is 125 Å². The third-order valence-electron chi connectivity index (χ3n) is 5.56. The van der Waals surface area contributed by atoms with Crippen LogP contribution in [0.5, 0.6) is 5.75 Å². The lowest BCUT2D eigenvalue weighted by Crippen LogP contribution is -2.39. The average molecular weight is 461 g/mol. The maximum atomic E-state index is 12.8. The first-order valence-corrected chi connectivity index (χ1v) is 10.9. The quantitative estimate of drug-likeness (QED) is 0.565. The Morgan fingerprint density at radius 2 is 2.16 bits per heavy atom. The molecule has 170 valence electrons. The molecule has 1 aliphatic carbocycles. The first-order chi connectivity index (χ1) is 15.4. The molecule has 0 radical (unpaired) electrons. The zero-order valence-electron chi connectivity index (χ0n) is 18.2. The molecule has 1 aliphatic rings. The number of nitrogens with zero attached hydrogens (tertiary/aromatic N) is 5. The van der Waals surface area contributed by atoms with Crippen molar-refractivity contribution in [1.29, 1.82) is 0 Å². The van der Waals surface area contributed by atoms with Gasteiger partial charge in [-0.05, 0) is 32.3 Å². The van der Waals surface area contributed by atoms with Gasteiger partial charge in [0, 0.05) is 32.1 Å². The van der Waals surface area contributed by atoms with Crippen molar-refractivity contribution in [3.63, 3.8) is 0 Å². The average Bonchev–Trinajstić information content (AvgIpc) is 3.53. The molecular formula is C20H24N6O5S. The lowest BCUT2D eigenvalue weighted by atomic mass is 10.1. The van der Waals surface area contributed by atoms with Crippen LogP contribution in [0.1, 0.15) is 35.5 Å². The molecule has 1 fully saturated rings. The second kappa shape index (κ2) is 9.09. The molecule has 2 atom stereocenters. The first kappa shape index (κ1) is 22.0. The largest absolute Gasteiger partial charge is 0.488 e. The number of anilines is 2. The molecule has 3 aromatic heterocycles. The van der Waals surface area contributed by atoms with E-state index in [2.05, 4.69) is 20.6 Å². The Bertz CT molecular complexity index is 1170. The van der Waals surface area contributed by atoms with Crippen LogP contribution in [-0.4, -0.2) is 59.3 Å². The first-order valence-electron chi connectivity index (χ1n) is 10.1. The van der Waals surface area contributed by atoms with Gasteiger partial charge in [0.25, 0.3) is 5.91 Å². The Morgan fingerprint density at radius 3 is 2.84 bits per heavy atom. The van der Waals surface area contributed by atoms with Gasteiger partial charge in [-0.3, -0.25) is 10.1 Å². The number of hydrogen-bond acceptors (Lipinski definition) is 10. The van der Waals surface area contributed by atoms with Crippen molar-refractivity contribution < 1.29 is 18.7 Å².